The number of carbonyl (C=O) groups is 1. The summed E-state index contributed by atoms with van der Waals surface area (Å²) < 4.78 is 1.99. The molecule has 3 rings (SSSR count). The molecular formula is C15H21ClN2O2. The second-order valence-electron chi connectivity index (χ2n) is 6.08. The lowest BCUT2D eigenvalue weighted by atomic mass is 9.87. The lowest BCUT2D eigenvalue weighted by Gasteiger charge is -2.25. The maximum absolute atomic E-state index is 12.3. The van der Waals surface area contributed by atoms with Gasteiger partial charge in [-0.05, 0) is 44.1 Å². The van der Waals surface area contributed by atoms with Crippen molar-refractivity contribution in [1.82, 2.24) is 9.88 Å². The molecule has 0 saturated heterocycles. The van der Waals surface area contributed by atoms with Crippen LogP contribution in [0, 0.1) is 5.92 Å². The Morgan fingerprint density at radius 1 is 1.40 bits per heavy atom. The molecule has 110 valence electrons. The molecular weight excluding hydrogens is 276 g/mol. The molecule has 2 unspecified atom stereocenters. The number of nitrogens with one attached hydrogen (secondary N) is 1. The quantitative estimate of drug-likeness (QED) is 0.897. The van der Waals surface area contributed by atoms with Crippen molar-refractivity contribution < 1.29 is 9.90 Å². The van der Waals surface area contributed by atoms with Crippen LogP contribution in [-0.4, -0.2) is 28.2 Å². The first-order valence-corrected chi connectivity index (χ1v) is 7.85. The number of rotatable bonds is 4. The topological polar surface area (TPSA) is 54.3 Å². The number of carbonyl (C=O) groups excluding carboxylic acids is 1. The molecule has 2 fully saturated rings. The van der Waals surface area contributed by atoms with Crippen LogP contribution in [-0.2, 0) is 0 Å². The highest BCUT2D eigenvalue weighted by Gasteiger charge is 2.28. The molecule has 1 amide bonds. The first kappa shape index (κ1) is 14.0. The predicted octanol–water partition coefficient (Wildman–Crippen LogP) is 2.76. The zero-order valence-electron chi connectivity index (χ0n) is 11.5. The molecule has 2 atom stereocenters. The lowest BCUT2D eigenvalue weighted by molar-refractivity contribution is 0.0867. The predicted molar refractivity (Wildman–Crippen MR) is 78.0 cm³/mol. The molecule has 20 heavy (non-hydrogen) atoms. The van der Waals surface area contributed by atoms with Gasteiger partial charge in [0.25, 0.3) is 5.91 Å². The van der Waals surface area contributed by atoms with Gasteiger partial charge >= 0.3 is 0 Å². The third-order valence-corrected chi connectivity index (χ3v) is 4.50. The minimum absolute atomic E-state index is 0.0520. The Labute approximate surface area is 124 Å². The SMILES string of the molecule is O=C(NCC1CCCC(O)C1)c1cc(Cl)cn1C1CC1. The Hall–Kier alpha value is -1.00. The third-order valence-electron chi connectivity index (χ3n) is 4.29. The van der Waals surface area contributed by atoms with Crippen LogP contribution in [0.25, 0.3) is 0 Å². The van der Waals surface area contributed by atoms with E-state index in [9.17, 15) is 9.90 Å². The van der Waals surface area contributed by atoms with Crippen molar-refractivity contribution >= 4 is 17.5 Å². The highest BCUT2D eigenvalue weighted by atomic mass is 35.5. The fourth-order valence-corrected chi connectivity index (χ4v) is 3.27. The molecule has 4 nitrogen and oxygen atoms in total. The fourth-order valence-electron chi connectivity index (χ4n) is 3.06. The van der Waals surface area contributed by atoms with Gasteiger partial charge in [0.15, 0.2) is 0 Å². The van der Waals surface area contributed by atoms with E-state index in [1.165, 1.54) is 0 Å². The average Bonchev–Trinajstić information content (AvgIpc) is 3.19. The van der Waals surface area contributed by atoms with Crippen LogP contribution in [0.1, 0.15) is 55.1 Å². The van der Waals surface area contributed by atoms with Crippen LogP contribution in [0.15, 0.2) is 12.3 Å². The van der Waals surface area contributed by atoms with Gasteiger partial charge in [-0.1, -0.05) is 18.0 Å². The van der Waals surface area contributed by atoms with Crippen LogP contribution in [0.2, 0.25) is 5.02 Å². The summed E-state index contributed by atoms with van der Waals surface area (Å²) >= 11 is 6.02. The normalized spacial score (nSPS) is 26.5. The van der Waals surface area contributed by atoms with Crippen molar-refractivity contribution in [2.45, 2.75) is 50.7 Å². The van der Waals surface area contributed by atoms with Gasteiger partial charge in [-0.15, -0.1) is 0 Å². The van der Waals surface area contributed by atoms with Gasteiger partial charge in [0, 0.05) is 18.8 Å². The summed E-state index contributed by atoms with van der Waals surface area (Å²) in [7, 11) is 0. The second kappa shape index (κ2) is 5.78. The molecule has 2 aliphatic carbocycles. The molecule has 0 radical (unpaired) electrons. The highest BCUT2D eigenvalue weighted by molar-refractivity contribution is 6.31. The molecule has 0 aromatic carbocycles. The summed E-state index contributed by atoms with van der Waals surface area (Å²) in [6.45, 7) is 0.642. The smallest absolute Gasteiger partial charge is 0.267 e. The van der Waals surface area contributed by atoms with E-state index < -0.39 is 0 Å². The Bertz CT molecular complexity index is 496. The van der Waals surface area contributed by atoms with Gasteiger partial charge in [0.2, 0.25) is 0 Å². The first-order valence-electron chi connectivity index (χ1n) is 7.47. The number of aliphatic hydroxyl groups excluding tert-OH is 1. The fraction of sp³-hybridized carbons (Fsp3) is 0.667. The maximum atomic E-state index is 12.3. The minimum atomic E-state index is -0.199. The molecule has 5 heteroatoms. The Balaban J connectivity index is 1.59. The zero-order valence-corrected chi connectivity index (χ0v) is 12.3. The molecule has 2 aliphatic rings. The lowest BCUT2D eigenvalue weighted by Crippen LogP contribution is -2.33. The van der Waals surface area contributed by atoms with Crippen molar-refractivity contribution in [3.05, 3.63) is 23.0 Å². The molecule has 1 aromatic heterocycles. The number of amides is 1. The molecule has 1 aromatic rings. The summed E-state index contributed by atoms with van der Waals surface area (Å²) in [4.78, 5) is 12.3. The average molecular weight is 297 g/mol. The monoisotopic (exact) mass is 296 g/mol. The first-order chi connectivity index (χ1) is 9.63. The highest BCUT2D eigenvalue weighted by Crippen LogP contribution is 2.37. The van der Waals surface area contributed by atoms with Crippen molar-refractivity contribution in [3.63, 3.8) is 0 Å². The molecule has 0 aliphatic heterocycles. The summed E-state index contributed by atoms with van der Waals surface area (Å²) in [5, 5.41) is 13.3. The van der Waals surface area contributed by atoms with E-state index in [2.05, 4.69) is 5.32 Å². The van der Waals surface area contributed by atoms with Crippen LogP contribution >= 0.6 is 11.6 Å². The Morgan fingerprint density at radius 2 is 2.20 bits per heavy atom. The minimum Gasteiger partial charge on any atom is -0.393 e. The van der Waals surface area contributed by atoms with Crippen molar-refractivity contribution in [2.24, 2.45) is 5.92 Å². The number of nitrogens with zero attached hydrogens (tertiary/aromatic N) is 1. The number of hydrogen-bond donors (Lipinski definition) is 2. The van der Waals surface area contributed by atoms with Crippen molar-refractivity contribution in [2.75, 3.05) is 6.54 Å². The molecule has 0 spiro atoms. The van der Waals surface area contributed by atoms with Gasteiger partial charge in [-0.25, -0.2) is 0 Å². The van der Waals surface area contributed by atoms with E-state index in [-0.39, 0.29) is 12.0 Å². The summed E-state index contributed by atoms with van der Waals surface area (Å²) in [6.07, 6.45) is 7.72. The standard InChI is InChI=1S/C15H21ClN2O2/c16-11-7-14(18(9-11)12-4-5-12)15(20)17-8-10-2-1-3-13(19)6-10/h7,9-10,12-13,19H,1-6,8H2,(H,17,20). The third kappa shape index (κ3) is 3.18. The van der Waals surface area contributed by atoms with Crippen LogP contribution in [0.5, 0.6) is 0 Å². The van der Waals surface area contributed by atoms with Gasteiger partial charge in [0.1, 0.15) is 5.69 Å². The van der Waals surface area contributed by atoms with Gasteiger partial charge in [0.05, 0.1) is 11.1 Å². The summed E-state index contributed by atoms with van der Waals surface area (Å²) in [5.74, 6) is 0.339. The number of hydrogen-bond acceptors (Lipinski definition) is 2. The van der Waals surface area contributed by atoms with Crippen LogP contribution < -0.4 is 5.32 Å². The number of halogens is 1. The largest absolute Gasteiger partial charge is 0.393 e. The molecule has 2 saturated carbocycles. The van der Waals surface area contributed by atoms with E-state index in [0.717, 1.165) is 38.5 Å². The van der Waals surface area contributed by atoms with Gasteiger partial charge in [-0.3, -0.25) is 4.79 Å². The maximum Gasteiger partial charge on any atom is 0.267 e. The van der Waals surface area contributed by atoms with Crippen molar-refractivity contribution in [3.8, 4) is 0 Å². The van der Waals surface area contributed by atoms with Gasteiger partial charge < -0.3 is 15.0 Å². The van der Waals surface area contributed by atoms with E-state index in [4.69, 9.17) is 11.6 Å². The van der Waals surface area contributed by atoms with E-state index in [1.807, 2.05) is 10.8 Å². The van der Waals surface area contributed by atoms with E-state index in [0.29, 0.717) is 29.2 Å². The summed E-state index contributed by atoms with van der Waals surface area (Å²) in [5.41, 5.74) is 0.661. The van der Waals surface area contributed by atoms with Crippen molar-refractivity contribution in [1.29, 1.82) is 0 Å². The number of aliphatic hydroxyl groups is 1. The van der Waals surface area contributed by atoms with E-state index in [1.54, 1.807) is 6.07 Å². The van der Waals surface area contributed by atoms with E-state index >= 15 is 0 Å². The van der Waals surface area contributed by atoms with Crippen LogP contribution in [0.4, 0.5) is 0 Å². The second-order valence-corrected chi connectivity index (χ2v) is 6.51. The Kier molecular flexibility index (Phi) is 4.03. The molecule has 2 N–H and O–H groups in total. The zero-order chi connectivity index (χ0) is 14.1. The molecule has 0 bridgehead atoms. The van der Waals surface area contributed by atoms with Gasteiger partial charge in [-0.2, -0.15) is 0 Å². The number of aromatic nitrogens is 1. The summed E-state index contributed by atoms with van der Waals surface area (Å²) in [6, 6.07) is 2.19. The van der Waals surface area contributed by atoms with Crippen LogP contribution in [0.3, 0.4) is 0 Å². The Morgan fingerprint density at radius 3 is 2.90 bits per heavy atom. The molecule has 1 heterocycles.